The molecule has 0 saturated heterocycles. The average Bonchev–Trinajstić information content (AvgIpc) is 2.54. The van der Waals surface area contributed by atoms with E-state index < -0.39 is 22.4 Å². The summed E-state index contributed by atoms with van der Waals surface area (Å²) in [5, 5.41) is 0. The zero-order valence-electron chi connectivity index (χ0n) is 12.2. The first kappa shape index (κ1) is 16.9. The van der Waals surface area contributed by atoms with Crippen LogP contribution < -0.4 is 10.3 Å². The van der Waals surface area contributed by atoms with Gasteiger partial charge in [-0.05, 0) is 5.56 Å². The van der Waals surface area contributed by atoms with Crippen LogP contribution in [0.5, 0.6) is 0 Å². The molecule has 0 aromatic heterocycles. The van der Waals surface area contributed by atoms with E-state index in [2.05, 4.69) is 0 Å². The second-order valence-corrected chi connectivity index (χ2v) is 6.58. The van der Waals surface area contributed by atoms with Gasteiger partial charge in [0, 0.05) is 5.56 Å². The van der Waals surface area contributed by atoms with E-state index in [9.17, 15) is 18.0 Å². The van der Waals surface area contributed by atoms with Gasteiger partial charge in [-0.15, -0.1) is 4.83 Å². The number of Topliss-reactive ketones (excluding diaryl/α,β-unsaturated/α-hetero) is 1. The zero-order chi connectivity index (χ0) is 16.7. The predicted octanol–water partition coefficient (Wildman–Crippen LogP) is 1.41. The maximum atomic E-state index is 11.8. The largest absolute Gasteiger partial charge is 0.294 e. The van der Waals surface area contributed by atoms with Gasteiger partial charge in [-0.25, -0.2) is 8.42 Å². The molecule has 2 rings (SSSR count). The van der Waals surface area contributed by atoms with Crippen molar-refractivity contribution in [2.45, 2.75) is 12.2 Å². The lowest BCUT2D eigenvalue weighted by atomic mass is 10.1. The molecule has 1 amide bonds. The molecule has 7 heteroatoms. The summed E-state index contributed by atoms with van der Waals surface area (Å²) in [5.41, 5.74) is 3.04. The highest BCUT2D eigenvalue weighted by Crippen LogP contribution is 2.04. The Bertz CT molecular complexity index is 774. The summed E-state index contributed by atoms with van der Waals surface area (Å²) in [6.45, 7) is 0. The maximum Gasteiger partial charge on any atom is 0.242 e. The Morgan fingerprint density at radius 3 is 2.04 bits per heavy atom. The van der Waals surface area contributed by atoms with Gasteiger partial charge in [-0.3, -0.25) is 15.0 Å². The molecule has 0 heterocycles. The number of hydrazine groups is 1. The smallest absolute Gasteiger partial charge is 0.242 e. The lowest BCUT2D eigenvalue weighted by Gasteiger charge is -2.08. The Morgan fingerprint density at radius 2 is 1.43 bits per heavy atom. The topological polar surface area (TPSA) is 92.3 Å². The van der Waals surface area contributed by atoms with Crippen molar-refractivity contribution in [3.8, 4) is 0 Å². The summed E-state index contributed by atoms with van der Waals surface area (Å²) in [6, 6.07) is 16.9. The number of carbonyl (C=O) groups excluding carboxylic acids is 2. The van der Waals surface area contributed by atoms with Crippen molar-refractivity contribution in [2.75, 3.05) is 0 Å². The van der Waals surface area contributed by atoms with Crippen molar-refractivity contribution in [1.82, 2.24) is 10.3 Å². The van der Waals surface area contributed by atoms with Crippen LogP contribution in [-0.4, -0.2) is 20.1 Å². The van der Waals surface area contributed by atoms with Crippen LogP contribution >= 0.6 is 0 Å². The van der Waals surface area contributed by atoms with E-state index in [4.69, 9.17) is 0 Å². The van der Waals surface area contributed by atoms with E-state index in [-0.39, 0.29) is 11.5 Å². The van der Waals surface area contributed by atoms with E-state index in [1.165, 1.54) is 0 Å². The molecule has 0 radical (unpaired) electrons. The molecule has 6 nitrogen and oxygen atoms in total. The second-order valence-electron chi connectivity index (χ2n) is 4.86. The van der Waals surface area contributed by atoms with Crippen LogP contribution in [0, 0.1) is 0 Å². The fourth-order valence-corrected chi connectivity index (χ4v) is 2.85. The first-order valence-corrected chi connectivity index (χ1v) is 8.52. The van der Waals surface area contributed by atoms with Crippen LogP contribution in [0.1, 0.15) is 22.3 Å². The number of carbonyl (C=O) groups is 2. The SMILES string of the molecule is O=C(CC(=O)c1ccccc1)NNS(=O)(=O)Cc1ccccc1. The number of amides is 1. The fraction of sp³-hybridized carbons (Fsp3) is 0.125. The molecule has 2 N–H and O–H groups in total. The molecular weight excluding hydrogens is 316 g/mol. The van der Waals surface area contributed by atoms with Crippen molar-refractivity contribution in [1.29, 1.82) is 0 Å². The minimum Gasteiger partial charge on any atom is -0.294 e. The van der Waals surface area contributed by atoms with Crippen LogP contribution in [0.2, 0.25) is 0 Å². The Morgan fingerprint density at radius 1 is 0.870 bits per heavy atom. The fourth-order valence-electron chi connectivity index (χ4n) is 1.88. The summed E-state index contributed by atoms with van der Waals surface area (Å²) in [6.07, 6.45) is -0.433. The molecular formula is C16H16N2O4S. The molecule has 120 valence electrons. The molecule has 23 heavy (non-hydrogen) atoms. The van der Waals surface area contributed by atoms with Gasteiger partial charge in [0.05, 0.1) is 12.2 Å². The third kappa shape index (κ3) is 5.65. The lowest BCUT2D eigenvalue weighted by molar-refractivity contribution is -0.120. The number of ketones is 1. The van der Waals surface area contributed by atoms with Gasteiger partial charge < -0.3 is 0 Å². The number of hydrogen-bond donors (Lipinski definition) is 2. The van der Waals surface area contributed by atoms with Crippen LogP contribution in [0.4, 0.5) is 0 Å². The Balaban J connectivity index is 1.85. The van der Waals surface area contributed by atoms with Crippen molar-refractivity contribution >= 4 is 21.7 Å². The quantitative estimate of drug-likeness (QED) is 0.455. The van der Waals surface area contributed by atoms with E-state index >= 15 is 0 Å². The molecule has 2 aromatic rings. The Kier molecular flexibility index (Phi) is 5.61. The van der Waals surface area contributed by atoms with Gasteiger partial charge in [0.15, 0.2) is 5.78 Å². The number of sulfonamides is 1. The first-order valence-electron chi connectivity index (χ1n) is 6.87. The zero-order valence-corrected chi connectivity index (χ0v) is 13.0. The first-order chi connectivity index (χ1) is 11.0. The Labute approximate surface area is 134 Å². The lowest BCUT2D eigenvalue weighted by Crippen LogP contribution is -2.42. The number of nitrogens with one attached hydrogen (secondary N) is 2. The second kappa shape index (κ2) is 7.66. The van der Waals surface area contributed by atoms with Crippen LogP contribution in [0.25, 0.3) is 0 Å². The van der Waals surface area contributed by atoms with E-state index in [0.29, 0.717) is 11.1 Å². The van der Waals surface area contributed by atoms with Crippen LogP contribution in [0.15, 0.2) is 60.7 Å². The van der Waals surface area contributed by atoms with E-state index in [0.717, 1.165) is 0 Å². The highest BCUT2D eigenvalue weighted by Gasteiger charge is 2.15. The summed E-state index contributed by atoms with van der Waals surface area (Å²) in [4.78, 5) is 25.5. The normalized spacial score (nSPS) is 11.0. The summed E-state index contributed by atoms with van der Waals surface area (Å²) < 4.78 is 23.7. The van der Waals surface area contributed by atoms with Gasteiger partial charge in [0.25, 0.3) is 0 Å². The minimum absolute atomic E-state index is 0.263. The molecule has 0 aliphatic carbocycles. The van der Waals surface area contributed by atoms with Crippen molar-refractivity contribution in [3.63, 3.8) is 0 Å². The average molecular weight is 332 g/mol. The molecule has 0 atom stereocenters. The molecule has 0 aliphatic rings. The van der Waals surface area contributed by atoms with Gasteiger partial charge in [0.2, 0.25) is 15.9 Å². The van der Waals surface area contributed by atoms with Crippen LogP contribution in [-0.2, 0) is 20.6 Å². The minimum atomic E-state index is -3.72. The predicted molar refractivity (Wildman–Crippen MR) is 85.7 cm³/mol. The molecule has 0 fully saturated rings. The molecule has 2 aromatic carbocycles. The highest BCUT2D eigenvalue weighted by atomic mass is 32.2. The van der Waals surface area contributed by atoms with Crippen molar-refractivity contribution in [3.05, 3.63) is 71.8 Å². The summed E-state index contributed by atoms with van der Waals surface area (Å²) in [7, 11) is -3.72. The molecule has 0 saturated carbocycles. The monoisotopic (exact) mass is 332 g/mol. The van der Waals surface area contributed by atoms with E-state index in [1.54, 1.807) is 60.7 Å². The Hall–Kier alpha value is -2.51. The van der Waals surface area contributed by atoms with Crippen molar-refractivity contribution in [2.24, 2.45) is 0 Å². The number of hydrogen-bond acceptors (Lipinski definition) is 4. The molecule has 0 bridgehead atoms. The van der Waals surface area contributed by atoms with Gasteiger partial charge in [0.1, 0.15) is 0 Å². The third-order valence-corrected chi connectivity index (χ3v) is 4.09. The molecule has 0 spiro atoms. The molecule has 0 unspecified atom stereocenters. The van der Waals surface area contributed by atoms with Crippen LogP contribution in [0.3, 0.4) is 0 Å². The summed E-state index contributed by atoms with van der Waals surface area (Å²) in [5.74, 6) is -1.36. The highest BCUT2D eigenvalue weighted by molar-refractivity contribution is 7.88. The van der Waals surface area contributed by atoms with Crippen molar-refractivity contribution < 1.29 is 18.0 Å². The number of benzene rings is 2. The standard InChI is InChI=1S/C16H16N2O4S/c19-15(14-9-5-2-6-10-14)11-16(20)17-18-23(21,22)12-13-7-3-1-4-8-13/h1-10,18H,11-12H2,(H,17,20). The third-order valence-electron chi connectivity index (χ3n) is 2.96. The maximum absolute atomic E-state index is 11.8. The summed E-state index contributed by atoms with van der Waals surface area (Å²) >= 11 is 0. The molecule has 0 aliphatic heterocycles. The van der Waals surface area contributed by atoms with Gasteiger partial charge in [-0.1, -0.05) is 60.7 Å². The van der Waals surface area contributed by atoms with E-state index in [1.807, 2.05) is 10.3 Å². The van der Waals surface area contributed by atoms with Gasteiger partial charge >= 0.3 is 0 Å². The van der Waals surface area contributed by atoms with Gasteiger partial charge in [-0.2, -0.15) is 0 Å². The number of rotatable bonds is 7.